The molecule has 74 valence electrons. The van der Waals surface area contributed by atoms with Gasteiger partial charge < -0.3 is 13.8 Å². The number of ether oxygens (including phenoxy) is 1. The van der Waals surface area contributed by atoms with E-state index < -0.39 is 7.60 Å². The lowest BCUT2D eigenvalue weighted by molar-refractivity contribution is 0.158. The van der Waals surface area contributed by atoms with Crippen molar-refractivity contribution in [3.8, 4) is 0 Å². The SMILES string of the molecule is CCOP(=O)(COCCl)OCC. The van der Waals surface area contributed by atoms with Gasteiger partial charge in [-0.15, -0.1) is 0 Å². The van der Waals surface area contributed by atoms with Crippen molar-refractivity contribution in [3.63, 3.8) is 0 Å². The van der Waals surface area contributed by atoms with Gasteiger partial charge in [-0.3, -0.25) is 4.57 Å². The van der Waals surface area contributed by atoms with Crippen molar-refractivity contribution in [2.45, 2.75) is 13.8 Å². The van der Waals surface area contributed by atoms with Crippen LogP contribution in [0, 0.1) is 0 Å². The third-order valence-corrected chi connectivity index (χ3v) is 2.93. The van der Waals surface area contributed by atoms with Gasteiger partial charge in [0.1, 0.15) is 12.4 Å². The summed E-state index contributed by atoms with van der Waals surface area (Å²) >= 11 is 5.25. The number of hydrogen-bond donors (Lipinski definition) is 0. The molecule has 0 spiro atoms. The molecule has 0 fully saturated rings. The summed E-state index contributed by atoms with van der Waals surface area (Å²) in [5, 5.41) is 0. The quantitative estimate of drug-likeness (QED) is 0.484. The molecule has 4 nitrogen and oxygen atoms in total. The van der Waals surface area contributed by atoms with Gasteiger partial charge in [-0.25, -0.2) is 0 Å². The Morgan fingerprint density at radius 1 is 1.25 bits per heavy atom. The number of rotatable bonds is 7. The fourth-order valence-electron chi connectivity index (χ4n) is 0.652. The second kappa shape index (κ2) is 6.87. The summed E-state index contributed by atoms with van der Waals surface area (Å²) in [5.41, 5.74) is 0. The average molecular weight is 217 g/mol. The summed E-state index contributed by atoms with van der Waals surface area (Å²) in [6, 6.07) is -0.00978. The lowest BCUT2D eigenvalue weighted by Crippen LogP contribution is -2.02. The van der Waals surface area contributed by atoms with Crippen molar-refractivity contribution in [1.29, 1.82) is 0 Å². The smallest absolute Gasteiger partial charge is 0.353 e. The lowest BCUT2D eigenvalue weighted by Gasteiger charge is -2.15. The molecule has 0 unspecified atom stereocenters. The lowest BCUT2D eigenvalue weighted by atomic mass is 10.9. The van der Waals surface area contributed by atoms with Crippen LogP contribution in [0.1, 0.15) is 13.8 Å². The molecule has 0 saturated carbocycles. The molecule has 0 aliphatic rings. The van der Waals surface area contributed by atoms with Crippen LogP contribution in [0.15, 0.2) is 0 Å². The monoisotopic (exact) mass is 216 g/mol. The average Bonchev–Trinajstić information content (AvgIpc) is 2.02. The Morgan fingerprint density at radius 2 is 1.75 bits per heavy atom. The molecule has 0 aromatic carbocycles. The topological polar surface area (TPSA) is 44.8 Å². The van der Waals surface area contributed by atoms with Gasteiger partial charge in [0.15, 0.2) is 0 Å². The molecular formula is C6H14ClO4P. The maximum absolute atomic E-state index is 11.5. The van der Waals surface area contributed by atoms with E-state index in [2.05, 4.69) is 0 Å². The van der Waals surface area contributed by atoms with E-state index in [0.717, 1.165) is 0 Å². The molecule has 6 heteroatoms. The fraction of sp³-hybridized carbons (Fsp3) is 1.00. The molecule has 0 rings (SSSR count). The molecule has 12 heavy (non-hydrogen) atoms. The van der Waals surface area contributed by atoms with Crippen LogP contribution in [0.2, 0.25) is 0 Å². The summed E-state index contributed by atoms with van der Waals surface area (Å²) in [6.45, 7) is 4.16. The fourth-order valence-corrected chi connectivity index (χ4v) is 2.16. The zero-order chi connectivity index (χ0) is 9.45. The Hall–Kier alpha value is 0.400. The van der Waals surface area contributed by atoms with E-state index in [1.807, 2.05) is 0 Å². The van der Waals surface area contributed by atoms with Crippen LogP contribution in [0.5, 0.6) is 0 Å². The molecule has 0 radical (unpaired) electrons. The molecule has 0 amide bonds. The summed E-state index contributed by atoms with van der Waals surface area (Å²) < 4.78 is 26.1. The second-order valence-corrected chi connectivity index (χ2v) is 4.10. The molecule has 0 aliphatic heterocycles. The van der Waals surface area contributed by atoms with E-state index in [1.165, 1.54) is 0 Å². The summed E-state index contributed by atoms with van der Waals surface area (Å²) in [6.07, 6.45) is -0.0851. The Kier molecular flexibility index (Phi) is 7.10. The van der Waals surface area contributed by atoms with Gasteiger partial charge in [-0.05, 0) is 13.8 Å². The highest BCUT2D eigenvalue weighted by atomic mass is 35.5. The summed E-state index contributed by atoms with van der Waals surface area (Å²) in [4.78, 5) is 0. The minimum Gasteiger partial charge on any atom is -0.353 e. The van der Waals surface area contributed by atoms with Crippen molar-refractivity contribution >= 4 is 19.2 Å². The van der Waals surface area contributed by atoms with Crippen LogP contribution in [-0.2, 0) is 18.3 Å². The van der Waals surface area contributed by atoms with Crippen molar-refractivity contribution in [2.75, 3.05) is 25.6 Å². The van der Waals surface area contributed by atoms with Crippen molar-refractivity contribution in [2.24, 2.45) is 0 Å². The number of halogens is 1. The number of hydrogen-bond acceptors (Lipinski definition) is 4. The van der Waals surface area contributed by atoms with Crippen molar-refractivity contribution in [1.82, 2.24) is 0 Å². The highest BCUT2D eigenvalue weighted by molar-refractivity contribution is 7.53. The Labute approximate surface area is 77.7 Å². The summed E-state index contributed by atoms with van der Waals surface area (Å²) in [5.74, 6) is 0. The van der Waals surface area contributed by atoms with Crippen molar-refractivity contribution < 1.29 is 18.3 Å². The van der Waals surface area contributed by atoms with Gasteiger partial charge in [0.2, 0.25) is 0 Å². The zero-order valence-corrected chi connectivity index (χ0v) is 8.94. The van der Waals surface area contributed by atoms with Crippen LogP contribution in [0.4, 0.5) is 0 Å². The maximum atomic E-state index is 11.5. The molecule has 0 saturated heterocycles. The standard InChI is InChI=1S/C6H14ClO4P/c1-3-10-12(8,11-4-2)6-9-5-7/h3-6H2,1-2H3. The van der Waals surface area contributed by atoms with Crippen LogP contribution in [-0.4, -0.2) is 25.6 Å². The van der Waals surface area contributed by atoms with E-state index in [4.69, 9.17) is 25.4 Å². The summed E-state index contributed by atoms with van der Waals surface area (Å²) in [7, 11) is -3.04. The molecule has 0 atom stereocenters. The molecule has 0 heterocycles. The number of alkyl halides is 1. The van der Waals surface area contributed by atoms with Gasteiger partial charge in [0, 0.05) is 0 Å². The molecule has 0 aliphatic carbocycles. The third-order valence-electron chi connectivity index (χ3n) is 0.978. The van der Waals surface area contributed by atoms with Crippen molar-refractivity contribution in [3.05, 3.63) is 0 Å². The van der Waals surface area contributed by atoms with E-state index in [-0.39, 0.29) is 12.4 Å². The van der Waals surface area contributed by atoms with E-state index >= 15 is 0 Å². The first kappa shape index (κ1) is 12.4. The maximum Gasteiger partial charge on any atom is 0.356 e. The zero-order valence-electron chi connectivity index (χ0n) is 7.29. The first-order chi connectivity index (χ1) is 5.68. The Bertz CT molecular complexity index is 142. The van der Waals surface area contributed by atoms with E-state index in [0.29, 0.717) is 13.2 Å². The first-order valence-corrected chi connectivity index (χ1v) is 5.96. The van der Waals surface area contributed by atoms with Gasteiger partial charge >= 0.3 is 7.60 Å². The minimum atomic E-state index is -3.04. The van der Waals surface area contributed by atoms with E-state index in [1.54, 1.807) is 13.8 Å². The Morgan fingerprint density at radius 3 is 2.08 bits per heavy atom. The predicted molar refractivity (Wildman–Crippen MR) is 47.5 cm³/mol. The minimum absolute atomic E-state index is 0.00978. The van der Waals surface area contributed by atoms with Gasteiger partial charge in [0.25, 0.3) is 0 Å². The Balaban J connectivity index is 3.90. The van der Waals surface area contributed by atoms with E-state index in [9.17, 15) is 4.57 Å². The highest BCUT2D eigenvalue weighted by Crippen LogP contribution is 2.47. The third kappa shape index (κ3) is 5.12. The molecular weight excluding hydrogens is 202 g/mol. The van der Waals surface area contributed by atoms with Crippen LogP contribution < -0.4 is 0 Å². The normalized spacial score (nSPS) is 11.9. The molecule has 0 aromatic rings. The van der Waals surface area contributed by atoms with Crippen LogP contribution >= 0.6 is 19.2 Å². The van der Waals surface area contributed by atoms with Gasteiger partial charge in [0.05, 0.1) is 13.2 Å². The van der Waals surface area contributed by atoms with Crippen LogP contribution in [0.25, 0.3) is 0 Å². The van der Waals surface area contributed by atoms with Gasteiger partial charge in [-0.1, -0.05) is 11.6 Å². The largest absolute Gasteiger partial charge is 0.356 e. The van der Waals surface area contributed by atoms with Gasteiger partial charge in [-0.2, -0.15) is 0 Å². The molecule has 0 aromatic heterocycles. The first-order valence-electron chi connectivity index (χ1n) is 3.70. The predicted octanol–water partition coefficient (Wildman–Crippen LogP) is 2.42. The van der Waals surface area contributed by atoms with Crippen LogP contribution in [0.3, 0.4) is 0 Å². The molecule has 0 N–H and O–H groups in total. The second-order valence-electron chi connectivity index (χ2n) is 1.89. The highest BCUT2D eigenvalue weighted by Gasteiger charge is 2.23. The molecule has 0 bridgehead atoms.